The van der Waals surface area contributed by atoms with Gasteiger partial charge >= 0.3 is 5.97 Å². The van der Waals surface area contributed by atoms with Gasteiger partial charge in [0, 0.05) is 25.8 Å². The highest BCUT2D eigenvalue weighted by Gasteiger charge is 2.09. The molecule has 2 aromatic heterocycles. The quantitative estimate of drug-likeness (QED) is 0.746. The maximum absolute atomic E-state index is 11.8. The molecule has 22 heavy (non-hydrogen) atoms. The second-order valence-electron chi connectivity index (χ2n) is 4.46. The van der Waals surface area contributed by atoms with E-state index in [1.54, 1.807) is 10.9 Å². The molecule has 0 saturated heterocycles. The van der Waals surface area contributed by atoms with Gasteiger partial charge in [0.05, 0.1) is 18.1 Å². The number of carbonyl (C=O) groups excluding carboxylic acids is 1. The Balaban J connectivity index is 1.79. The van der Waals surface area contributed by atoms with Crippen molar-refractivity contribution in [1.82, 2.24) is 19.6 Å². The molecular weight excluding hydrogens is 290 g/mol. The molecule has 9 heteroatoms. The van der Waals surface area contributed by atoms with Crippen molar-refractivity contribution in [3.63, 3.8) is 0 Å². The van der Waals surface area contributed by atoms with E-state index in [1.165, 1.54) is 23.1 Å². The lowest BCUT2D eigenvalue weighted by Crippen LogP contribution is -2.14. The maximum atomic E-state index is 11.8. The van der Waals surface area contributed by atoms with Crippen molar-refractivity contribution in [3.05, 3.63) is 30.4 Å². The van der Waals surface area contributed by atoms with Gasteiger partial charge in [-0.15, -0.1) is 0 Å². The van der Waals surface area contributed by atoms with Crippen LogP contribution in [0.4, 0.5) is 5.69 Å². The lowest BCUT2D eigenvalue weighted by molar-refractivity contribution is -0.116. The molecule has 0 aliphatic rings. The lowest BCUT2D eigenvalue weighted by atomic mass is 10.4. The largest absolute Gasteiger partial charge is 0.476 e. The first-order chi connectivity index (χ1) is 10.6. The number of amides is 1. The van der Waals surface area contributed by atoms with Crippen LogP contribution in [-0.4, -0.2) is 43.2 Å². The van der Waals surface area contributed by atoms with Crippen LogP contribution in [0.1, 0.15) is 23.8 Å². The molecule has 1 amide bonds. The average Bonchev–Trinajstić information content (AvgIpc) is 3.12. The highest BCUT2D eigenvalue weighted by Crippen LogP contribution is 2.06. The van der Waals surface area contributed by atoms with Crippen LogP contribution in [0.15, 0.2) is 24.7 Å². The normalized spacial score (nSPS) is 10.6. The predicted molar refractivity (Wildman–Crippen MR) is 76.3 cm³/mol. The monoisotopic (exact) mass is 307 g/mol. The molecule has 0 spiro atoms. The zero-order valence-corrected chi connectivity index (χ0v) is 12.1. The number of nitrogens with zero attached hydrogens (tertiary/aromatic N) is 4. The summed E-state index contributed by atoms with van der Waals surface area (Å²) in [6.45, 7) is 3.10. The van der Waals surface area contributed by atoms with E-state index >= 15 is 0 Å². The Labute approximate surface area is 126 Å². The average molecular weight is 307 g/mol. The number of hydrogen-bond acceptors (Lipinski definition) is 5. The molecule has 0 fully saturated rings. The number of carbonyl (C=O) groups is 2. The van der Waals surface area contributed by atoms with Gasteiger partial charge in [-0.1, -0.05) is 0 Å². The van der Waals surface area contributed by atoms with Gasteiger partial charge in [-0.25, -0.2) is 9.48 Å². The van der Waals surface area contributed by atoms with Crippen LogP contribution in [0.5, 0.6) is 0 Å². The number of carboxylic acid groups (broad SMARTS) is 1. The Hall–Kier alpha value is -2.68. The summed E-state index contributed by atoms with van der Waals surface area (Å²) in [6, 6.07) is 1.39. The second kappa shape index (κ2) is 7.36. The predicted octanol–water partition coefficient (Wildman–Crippen LogP) is 0.801. The molecule has 0 aliphatic carbocycles. The van der Waals surface area contributed by atoms with E-state index < -0.39 is 5.97 Å². The lowest BCUT2D eigenvalue weighted by Gasteiger charge is -2.03. The molecule has 0 atom stereocenters. The first-order valence-electron chi connectivity index (χ1n) is 6.75. The van der Waals surface area contributed by atoms with Gasteiger partial charge in [0.15, 0.2) is 5.69 Å². The molecule has 2 N–H and O–H groups in total. The van der Waals surface area contributed by atoms with Gasteiger partial charge in [-0.3, -0.25) is 9.48 Å². The third-order valence-corrected chi connectivity index (χ3v) is 2.77. The number of aromatic nitrogens is 4. The molecule has 0 unspecified atom stereocenters. The van der Waals surface area contributed by atoms with Crippen molar-refractivity contribution in [2.75, 3.05) is 11.9 Å². The van der Waals surface area contributed by atoms with Crippen molar-refractivity contribution in [1.29, 1.82) is 0 Å². The SMILES string of the molecule is CCOCn1cc(NC(=O)CCn2ccc(C(=O)O)n2)cn1. The molecule has 2 rings (SSSR count). The van der Waals surface area contributed by atoms with Crippen LogP contribution in [0.3, 0.4) is 0 Å². The smallest absolute Gasteiger partial charge is 0.356 e. The standard InChI is InChI=1S/C13H17N5O4/c1-2-22-9-18-8-10(7-14-18)15-12(19)4-6-17-5-3-11(16-17)13(20)21/h3,5,7-8H,2,4,6,9H2,1H3,(H,15,19)(H,20,21). The van der Waals surface area contributed by atoms with E-state index in [0.717, 1.165) is 0 Å². The number of ether oxygens (including phenoxy) is 1. The number of rotatable bonds is 8. The Morgan fingerprint density at radius 1 is 1.41 bits per heavy atom. The van der Waals surface area contributed by atoms with Crippen molar-refractivity contribution in [2.45, 2.75) is 26.6 Å². The van der Waals surface area contributed by atoms with Crippen molar-refractivity contribution >= 4 is 17.6 Å². The Morgan fingerprint density at radius 2 is 2.23 bits per heavy atom. The molecule has 0 saturated carbocycles. The Kier molecular flexibility index (Phi) is 5.26. The van der Waals surface area contributed by atoms with Crippen LogP contribution in [0, 0.1) is 0 Å². The number of hydrogen-bond donors (Lipinski definition) is 2. The topological polar surface area (TPSA) is 111 Å². The van der Waals surface area contributed by atoms with Crippen molar-refractivity contribution in [2.24, 2.45) is 0 Å². The molecule has 0 radical (unpaired) electrons. The van der Waals surface area contributed by atoms with Gasteiger partial charge in [-0.2, -0.15) is 10.2 Å². The van der Waals surface area contributed by atoms with Gasteiger partial charge in [-0.05, 0) is 13.0 Å². The molecule has 0 aliphatic heterocycles. The first kappa shape index (κ1) is 15.7. The van der Waals surface area contributed by atoms with Gasteiger partial charge in [0.2, 0.25) is 5.91 Å². The molecule has 2 heterocycles. The zero-order chi connectivity index (χ0) is 15.9. The first-order valence-corrected chi connectivity index (χ1v) is 6.75. The third-order valence-electron chi connectivity index (χ3n) is 2.77. The molecule has 0 bridgehead atoms. The van der Waals surface area contributed by atoms with Crippen LogP contribution < -0.4 is 5.32 Å². The van der Waals surface area contributed by atoms with E-state index in [4.69, 9.17) is 9.84 Å². The molecule has 2 aromatic rings. The summed E-state index contributed by atoms with van der Waals surface area (Å²) >= 11 is 0. The summed E-state index contributed by atoms with van der Waals surface area (Å²) in [5.74, 6) is -1.30. The zero-order valence-electron chi connectivity index (χ0n) is 12.1. The molecule has 0 aromatic carbocycles. The minimum atomic E-state index is -1.09. The minimum Gasteiger partial charge on any atom is -0.476 e. The molecular formula is C13H17N5O4. The van der Waals surface area contributed by atoms with Crippen LogP contribution in [-0.2, 0) is 22.8 Å². The van der Waals surface area contributed by atoms with Gasteiger partial charge < -0.3 is 15.2 Å². The van der Waals surface area contributed by atoms with E-state index in [1.807, 2.05) is 6.92 Å². The Bertz CT molecular complexity index is 648. The summed E-state index contributed by atoms with van der Waals surface area (Å²) in [7, 11) is 0. The summed E-state index contributed by atoms with van der Waals surface area (Å²) < 4.78 is 8.19. The fourth-order valence-corrected chi connectivity index (χ4v) is 1.72. The summed E-state index contributed by atoms with van der Waals surface area (Å²) in [5.41, 5.74) is 0.536. The second-order valence-corrected chi connectivity index (χ2v) is 4.46. The van der Waals surface area contributed by atoms with Gasteiger partial charge in [0.25, 0.3) is 0 Å². The number of carboxylic acids is 1. The third kappa shape index (κ3) is 4.42. The van der Waals surface area contributed by atoms with Crippen molar-refractivity contribution in [3.8, 4) is 0 Å². The Morgan fingerprint density at radius 3 is 2.91 bits per heavy atom. The van der Waals surface area contributed by atoms with E-state index in [9.17, 15) is 9.59 Å². The summed E-state index contributed by atoms with van der Waals surface area (Å²) in [6.07, 6.45) is 4.91. The van der Waals surface area contributed by atoms with Crippen LogP contribution in [0.25, 0.3) is 0 Å². The number of anilines is 1. The van der Waals surface area contributed by atoms with E-state index in [2.05, 4.69) is 15.5 Å². The number of nitrogens with one attached hydrogen (secondary N) is 1. The number of aromatic carboxylic acids is 1. The summed E-state index contributed by atoms with van der Waals surface area (Å²) in [5, 5.41) is 19.3. The van der Waals surface area contributed by atoms with Crippen LogP contribution in [0.2, 0.25) is 0 Å². The van der Waals surface area contributed by atoms with Gasteiger partial charge in [0.1, 0.15) is 6.73 Å². The highest BCUT2D eigenvalue weighted by molar-refractivity contribution is 5.90. The van der Waals surface area contributed by atoms with E-state index in [0.29, 0.717) is 25.6 Å². The summed E-state index contributed by atoms with van der Waals surface area (Å²) in [4.78, 5) is 22.5. The number of aryl methyl sites for hydroxylation is 1. The molecule has 9 nitrogen and oxygen atoms in total. The fourth-order valence-electron chi connectivity index (χ4n) is 1.72. The van der Waals surface area contributed by atoms with E-state index in [-0.39, 0.29) is 18.0 Å². The fraction of sp³-hybridized carbons (Fsp3) is 0.385. The maximum Gasteiger partial charge on any atom is 0.356 e. The van der Waals surface area contributed by atoms with Crippen LogP contribution >= 0.6 is 0 Å². The minimum absolute atomic E-state index is 0.0439. The van der Waals surface area contributed by atoms with Crippen molar-refractivity contribution < 1.29 is 19.4 Å². The highest BCUT2D eigenvalue weighted by atomic mass is 16.5. The molecule has 118 valence electrons.